The van der Waals surface area contributed by atoms with E-state index in [1.54, 1.807) is 12.4 Å². The molecule has 0 radical (unpaired) electrons. The van der Waals surface area contributed by atoms with Crippen LogP contribution in [-0.4, -0.2) is 60.9 Å². The smallest absolute Gasteiger partial charge is 0.271 e. The Balaban J connectivity index is 1.32. The summed E-state index contributed by atoms with van der Waals surface area (Å²) < 4.78 is 1.91. The van der Waals surface area contributed by atoms with Crippen molar-refractivity contribution in [3.05, 3.63) is 47.8 Å². The van der Waals surface area contributed by atoms with Crippen molar-refractivity contribution < 1.29 is 4.79 Å². The molecule has 1 amide bonds. The number of rotatable bonds is 5. The highest BCUT2D eigenvalue weighted by Gasteiger charge is 2.18. The van der Waals surface area contributed by atoms with Crippen molar-refractivity contribution in [3.63, 3.8) is 0 Å². The van der Waals surface area contributed by atoms with Gasteiger partial charge in [-0.3, -0.25) is 24.5 Å². The van der Waals surface area contributed by atoms with Crippen LogP contribution in [0.2, 0.25) is 0 Å². The van der Waals surface area contributed by atoms with E-state index in [2.05, 4.69) is 42.5 Å². The molecule has 9 heteroatoms. The number of nitrogens with zero attached hydrogens (tertiary/aromatic N) is 6. The second-order valence-corrected chi connectivity index (χ2v) is 6.34. The van der Waals surface area contributed by atoms with Gasteiger partial charge in [0, 0.05) is 44.0 Å². The molecule has 0 aliphatic carbocycles. The van der Waals surface area contributed by atoms with E-state index >= 15 is 0 Å². The van der Waals surface area contributed by atoms with E-state index in [9.17, 15) is 4.79 Å². The number of hydrogen-bond acceptors (Lipinski definition) is 6. The van der Waals surface area contributed by atoms with Gasteiger partial charge in [-0.15, -0.1) is 0 Å². The molecular formula is C17H20N8O. The predicted octanol–water partition coefficient (Wildman–Crippen LogP) is 0.481. The molecule has 1 aliphatic heterocycles. The highest BCUT2D eigenvalue weighted by Crippen LogP contribution is 2.13. The van der Waals surface area contributed by atoms with Crippen LogP contribution >= 0.6 is 0 Å². The van der Waals surface area contributed by atoms with E-state index in [1.165, 1.54) is 0 Å². The number of fused-ring (bicyclic) bond motifs is 1. The van der Waals surface area contributed by atoms with E-state index in [1.807, 2.05) is 22.9 Å². The Hall–Kier alpha value is -3.07. The molecule has 26 heavy (non-hydrogen) atoms. The number of nitrogens with one attached hydrogen (secondary N) is 2. The Morgan fingerprint density at radius 2 is 2.31 bits per heavy atom. The molecule has 0 saturated carbocycles. The van der Waals surface area contributed by atoms with Gasteiger partial charge >= 0.3 is 0 Å². The summed E-state index contributed by atoms with van der Waals surface area (Å²) >= 11 is 0. The van der Waals surface area contributed by atoms with Gasteiger partial charge in [-0.25, -0.2) is 4.98 Å². The highest BCUT2D eigenvalue weighted by molar-refractivity contribution is 5.92. The first-order chi connectivity index (χ1) is 12.7. The molecule has 3 aromatic rings. The lowest BCUT2D eigenvalue weighted by molar-refractivity contribution is 0.0948. The van der Waals surface area contributed by atoms with Crippen LogP contribution in [0.15, 0.2) is 30.6 Å². The average Bonchev–Trinajstić information content (AvgIpc) is 3.29. The monoisotopic (exact) mass is 352 g/mol. The van der Waals surface area contributed by atoms with Crippen molar-refractivity contribution >= 4 is 5.91 Å². The van der Waals surface area contributed by atoms with Crippen LogP contribution in [-0.2, 0) is 19.5 Å². The van der Waals surface area contributed by atoms with Crippen LogP contribution in [0.25, 0.3) is 11.4 Å². The van der Waals surface area contributed by atoms with Gasteiger partial charge in [0.25, 0.3) is 5.91 Å². The lowest BCUT2D eigenvalue weighted by Gasteiger charge is -2.22. The van der Waals surface area contributed by atoms with Gasteiger partial charge in [0.2, 0.25) is 0 Å². The molecule has 2 N–H and O–H groups in total. The fourth-order valence-corrected chi connectivity index (χ4v) is 2.92. The Morgan fingerprint density at radius 1 is 1.38 bits per heavy atom. The second-order valence-electron chi connectivity index (χ2n) is 6.34. The molecular weight excluding hydrogens is 332 g/mol. The summed E-state index contributed by atoms with van der Waals surface area (Å²) in [6.07, 6.45) is 3.99. The summed E-state index contributed by atoms with van der Waals surface area (Å²) in [6.45, 7) is 3.03. The Labute approximate surface area is 150 Å². The summed E-state index contributed by atoms with van der Waals surface area (Å²) in [4.78, 5) is 23.0. The SMILES string of the molecule is CN1CCn2nc(C(=O)NCCc3nc(-c4cccnc4)n[nH]3)cc2C1. The Morgan fingerprint density at radius 3 is 3.15 bits per heavy atom. The number of pyridine rings is 1. The maximum Gasteiger partial charge on any atom is 0.271 e. The Kier molecular flexibility index (Phi) is 4.44. The standard InChI is InChI=1S/C17H20N8O/c1-24-7-8-25-13(11-24)9-14(23-25)17(26)19-6-4-15-20-16(22-21-15)12-3-2-5-18-10-12/h2-3,5,9-10H,4,6-8,11H2,1H3,(H,19,26)(H,20,21,22). The number of carbonyl (C=O) groups is 1. The van der Waals surface area contributed by atoms with Crippen molar-refractivity contribution in [2.24, 2.45) is 0 Å². The lowest BCUT2D eigenvalue weighted by Crippen LogP contribution is -2.30. The summed E-state index contributed by atoms with van der Waals surface area (Å²) in [7, 11) is 2.06. The first-order valence-electron chi connectivity index (χ1n) is 8.54. The highest BCUT2D eigenvalue weighted by atomic mass is 16.1. The molecule has 0 spiro atoms. The van der Waals surface area contributed by atoms with Crippen molar-refractivity contribution in [1.29, 1.82) is 0 Å². The Bertz CT molecular complexity index is 901. The molecule has 0 fully saturated rings. The first-order valence-corrected chi connectivity index (χ1v) is 8.54. The zero-order valence-electron chi connectivity index (χ0n) is 14.5. The lowest BCUT2D eigenvalue weighted by atomic mass is 10.3. The third kappa shape index (κ3) is 3.47. The predicted molar refractivity (Wildman–Crippen MR) is 94.2 cm³/mol. The molecule has 0 saturated heterocycles. The third-order valence-electron chi connectivity index (χ3n) is 4.32. The quantitative estimate of drug-likeness (QED) is 0.692. The molecule has 9 nitrogen and oxygen atoms in total. The number of carbonyl (C=O) groups excluding carboxylic acids is 1. The van der Waals surface area contributed by atoms with Crippen molar-refractivity contribution in [2.75, 3.05) is 20.1 Å². The zero-order chi connectivity index (χ0) is 17.9. The fourth-order valence-electron chi connectivity index (χ4n) is 2.92. The van der Waals surface area contributed by atoms with Gasteiger partial charge in [0.05, 0.1) is 12.2 Å². The van der Waals surface area contributed by atoms with E-state index in [0.29, 0.717) is 24.5 Å². The van der Waals surface area contributed by atoms with Crippen LogP contribution < -0.4 is 5.32 Å². The maximum atomic E-state index is 12.3. The molecule has 0 bridgehead atoms. The summed E-state index contributed by atoms with van der Waals surface area (Å²) in [5, 5.41) is 14.4. The third-order valence-corrected chi connectivity index (χ3v) is 4.32. The topological polar surface area (TPSA) is 105 Å². The second kappa shape index (κ2) is 7.04. The van der Waals surface area contributed by atoms with Gasteiger partial charge in [-0.05, 0) is 25.2 Å². The van der Waals surface area contributed by atoms with Crippen molar-refractivity contribution in [2.45, 2.75) is 19.5 Å². The molecule has 0 unspecified atom stereocenters. The molecule has 4 heterocycles. The summed E-state index contributed by atoms with van der Waals surface area (Å²) in [6, 6.07) is 5.60. The molecule has 3 aromatic heterocycles. The number of aromatic amines is 1. The summed E-state index contributed by atoms with van der Waals surface area (Å²) in [5.41, 5.74) is 2.39. The maximum absolute atomic E-state index is 12.3. The van der Waals surface area contributed by atoms with E-state index in [4.69, 9.17) is 0 Å². The average molecular weight is 352 g/mol. The van der Waals surface area contributed by atoms with E-state index in [-0.39, 0.29) is 5.91 Å². The van der Waals surface area contributed by atoms with Crippen molar-refractivity contribution in [3.8, 4) is 11.4 Å². The van der Waals surface area contributed by atoms with Crippen LogP contribution in [0.4, 0.5) is 0 Å². The van der Waals surface area contributed by atoms with Crippen LogP contribution in [0.1, 0.15) is 22.0 Å². The molecule has 0 atom stereocenters. The van der Waals surface area contributed by atoms with Crippen LogP contribution in [0, 0.1) is 0 Å². The minimum atomic E-state index is -0.165. The molecule has 1 aliphatic rings. The van der Waals surface area contributed by atoms with E-state index in [0.717, 1.165) is 36.7 Å². The zero-order valence-corrected chi connectivity index (χ0v) is 14.5. The minimum Gasteiger partial charge on any atom is -0.350 e. The number of amides is 1. The molecule has 134 valence electrons. The van der Waals surface area contributed by atoms with Crippen LogP contribution in [0.3, 0.4) is 0 Å². The van der Waals surface area contributed by atoms with E-state index < -0.39 is 0 Å². The number of aromatic nitrogens is 6. The fraction of sp³-hybridized carbons (Fsp3) is 0.353. The van der Waals surface area contributed by atoms with Gasteiger partial charge in [0.15, 0.2) is 5.82 Å². The first kappa shape index (κ1) is 16.4. The summed E-state index contributed by atoms with van der Waals surface area (Å²) in [5.74, 6) is 1.15. The molecule has 0 aromatic carbocycles. The van der Waals surface area contributed by atoms with Gasteiger partial charge in [0.1, 0.15) is 11.5 Å². The van der Waals surface area contributed by atoms with Crippen LogP contribution in [0.5, 0.6) is 0 Å². The molecule has 4 rings (SSSR count). The number of hydrogen-bond donors (Lipinski definition) is 2. The van der Waals surface area contributed by atoms with Gasteiger partial charge in [-0.2, -0.15) is 10.2 Å². The number of likely N-dealkylation sites (N-methyl/N-ethyl adjacent to an activating group) is 1. The minimum absolute atomic E-state index is 0.165. The normalized spacial score (nSPS) is 14.2. The van der Waals surface area contributed by atoms with Crippen molar-refractivity contribution in [1.82, 2.24) is 40.2 Å². The number of H-pyrrole nitrogens is 1. The van der Waals surface area contributed by atoms with Gasteiger partial charge in [-0.1, -0.05) is 0 Å². The van der Waals surface area contributed by atoms with Gasteiger partial charge < -0.3 is 5.32 Å². The largest absolute Gasteiger partial charge is 0.350 e.